The molecule has 2 heterocycles. The van der Waals surface area contributed by atoms with Crippen LogP contribution in [-0.2, 0) is 16.0 Å². The fourth-order valence-corrected chi connectivity index (χ4v) is 2.52. The van der Waals surface area contributed by atoms with E-state index in [-0.39, 0.29) is 17.8 Å². The van der Waals surface area contributed by atoms with E-state index in [0.29, 0.717) is 25.9 Å². The molecule has 2 rings (SSSR count). The number of hydrogen-bond donors (Lipinski definition) is 0. The number of Topliss-reactive ketones (excluding diaryl/α,β-unsaturated/α-hetero) is 1. The highest BCUT2D eigenvalue weighted by molar-refractivity contribution is 5.82. The zero-order chi connectivity index (χ0) is 16.2. The van der Waals surface area contributed by atoms with Crippen molar-refractivity contribution < 1.29 is 14.3 Å². The van der Waals surface area contributed by atoms with Crippen LogP contribution in [0.1, 0.15) is 39.3 Å². The number of pyridine rings is 1. The standard InChI is InChI=1S/C17H24N2O3/c1-17(2,3)22-16(21)19-11-9-13(12-19)15(20)8-7-14-6-4-5-10-18-14/h4-6,10,13H,7-9,11-12H2,1-3H3/t13-/m1/s1. The van der Waals surface area contributed by atoms with E-state index in [9.17, 15) is 9.59 Å². The van der Waals surface area contributed by atoms with E-state index >= 15 is 0 Å². The second-order valence-electron chi connectivity index (χ2n) is 6.70. The van der Waals surface area contributed by atoms with Gasteiger partial charge in [-0.2, -0.15) is 0 Å². The van der Waals surface area contributed by atoms with E-state index in [0.717, 1.165) is 12.1 Å². The van der Waals surface area contributed by atoms with Crippen molar-refractivity contribution in [1.29, 1.82) is 0 Å². The van der Waals surface area contributed by atoms with Crippen molar-refractivity contribution in [2.75, 3.05) is 13.1 Å². The first-order valence-corrected chi connectivity index (χ1v) is 7.76. The van der Waals surface area contributed by atoms with Crippen molar-refractivity contribution in [2.45, 2.75) is 45.6 Å². The molecule has 1 aliphatic heterocycles. The Morgan fingerprint density at radius 2 is 2.14 bits per heavy atom. The Hall–Kier alpha value is -1.91. The summed E-state index contributed by atoms with van der Waals surface area (Å²) in [5.74, 6) is 0.132. The van der Waals surface area contributed by atoms with Gasteiger partial charge in [-0.1, -0.05) is 6.07 Å². The van der Waals surface area contributed by atoms with Crippen LogP contribution in [0.5, 0.6) is 0 Å². The smallest absolute Gasteiger partial charge is 0.410 e. The van der Waals surface area contributed by atoms with Crippen LogP contribution in [0.4, 0.5) is 4.79 Å². The van der Waals surface area contributed by atoms with Crippen LogP contribution in [0, 0.1) is 5.92 Å². The molecule has 0 unspecified atom stereocenters. The van der Waals surface area contributed by atoms with E-state index in [2.05, 4.69) is 4.98 Å². The first-order valence-electron chi connectivity index (χ1n) is 7.76. The minimum atomic E-state index is -0.502. The number of carbonyl (C=O) groups excluding carboxylic acids is 2. The quantitative estimate of drug-likeness (QED) is 0.858. The third kappa shape index (κ3) is 4.83. The molecule has 1 atom stereocenters. The summed E-state index contributed by atoms with van der Waals surface area (Å²) in [6.07, 6.45) is 3.26. The van der Waals surface area contributed by atoms with Gasteiger partial charge in [0.15, 0.2) is 0 Å². The van der Waals surface area contributed by atoms with Crippen molar-refractivity contribution in [2.24, 2.45) is 5.92 Å². The first kappa shape index (κ1) is 16.5. The van der Waals surface area contributed by atoms with Gasteiger partial charge in [0.25, 0.3) is 0 Å². The summed E-state index contributed by atoms with van der Waals surface area (Å²) in [4.78, 5) is 30.1. The van der Waals surface area contributed by atoms with Crippen LogP contribution < -0.4 is 0 Å². The van der Waals surface area contributed by atoms with Crippen LogP contribution in [0.15, 0.2) is 24.4 Å². The number of hydrogen-bond acceptors (Lipinski definition) is 4. The lowest BCUT2D eigenvalue weighted by Crippen LogP contribution is -2.35. The zero-order valence-corrected chi connectivity index (χ0v) is 13.5. The van der Waals surface area contributed by atoms with Crippen LogP contribution in [0.3, 0.4) is 0 Å². The van der Waals surface area contributed by atoms with E-state index in [4.69, 9.17) is 4.74 Å². The van der Waals surface area contributed by atoms with Crippen molar-refractivity contribution in [3.8, 4) is 0 Å². The minimum absolute atomic E-state index is 0.0729. The van der Waals surface area contributed by atoms with Gasteiger partial charge in [-0.25, -0.2) is 4.79 Å². The molecule has 5 heteroatoms. The molecule has 0 aromatic carbocycles. The molecule has 1 fully saturated rings. The van der Waals surface area contributed by atoms with Crippen molar-refractivity contribution in [3.05, 3.63) is 30.1 Å². The Bertz CT molecular complexity index is 522. The summed E-state index contributed by atoms with van der Waals surface area (Å²) >= 11 is 0. The number of aryl methyl sites for hydroxylation is 1. The molecule has 1 saturated heterocycles. The Morgan fingerprint density at radius 1 is 1.36 bits per heavy atom. The molecule has 5 nitrogen and oxygen atoms in total. The monoisotopic (exact) mass is 304 g/mol. The molecule has 0 bridgehead atoms. The molecule has 1 amide bonds. The van der Waals surface area contributed by atoms with Gasteiger partial charge in [-0.15, -0.1) is 0 Å². The molecule has 22 heavy (non-hydrogen) atoms. The SMILES string of the molecule is CC(C)(C)OC(=O)N1CC[C@@H](C(=O)CCc2ccccn2)C1. The largest absolute Gasteiger partial charge is 0.444 e. The van der Waals surface area contributed by atoms with E-state index in [1.54, 1.807) is 11.1 Å². The maximum atomic E-state index is 12.3. The highest BCUT2D eigenvalue weighted by Crippen LogP contribution is 2.21. The summed E-state index contributed by atoms with van der Waals surface area (Å²) in [6, 6.07) is 5.71. The topological polar surface area (TPSA) is 59.5 Å². The number of aromatic nitrogens is 1. The Morgan fingerprint density at radius 3 is 2.77 bits per heavy atom. The molecule has 0 radical (unpaired) electrons. The molecule has 1 aliphatic rings. The molecule has 0 aliphatic carbocycles. The molecule has 1 aromatic heterocycles. The van der Waals surface area contributed by atoms with Crippen molar-refractivity contribution in [1.82, 2.24) is 9.88 Å². The Balaban J connectivity index is 1.80. The summed E-state index contributed by atoms with van der Waals surface area (Å²) in [6.45, 7) is 6.59. The maximum Gasteiger partial charge on any atom is 0.410 e. The van der Waals surface area contributed by atoms with Gasteiger partial charge in [-0.3, -0.25) is 9.78 Å². The molecule has 0 spiro atoms. The van der Waals surface area contributed by atoms with Gasteiger partial charge in [0.2, 0.25) is 0 Å². The predicted molar refractivity (Wildman–Crippen MR) is 83.5 cm³/mol. The summed E-state index contributed by atoms with van der Waals surface area (Å²) in [7, 11) is 0. The minimum Gasteiger partial charge on any atom is -0.444 e. The lowest BCUT2D eigenvalue weighted by Gasteiger charge is -2.24. The van der Waals surface area contributed by atoms with Gasteiger partial charge in [0.05, 0.1) is 0 Å². The van der Waals surface area contributed by atoms with Crippen molar-refractivity contribution >= 4 is 11.9 Å². The molecule has 0 saturated carbocycles. The molecule has 120 valence electrons. The van der Waals surface area contributed by atoms with Gasteiger partial charge >= 0.3 is 6.09 Å². The third-order valence-corrected chi connectivity index (χ3v) is 3.65. The number of carbonyl (C=O) groups is 2. The second kappa shape index (κ2) is 6.90. The average Bonchev–Trinajstić information content (AvgIpc) is 2.94. The fourth-order valence-electron chi connectivity index (χ4n) is 2.52. The maximum absolute atomic E-state index is 12.3. The molecular weight excluding hydrogens is 280 g/mol. The first-order chi connectivity index (χ1) is 10.3. The number of ether oxygens (including phenoxy) is 1. The number of likely N-dealkylation sites (tertiary alicyclic amines) is 1. The highest BCUT2D eigenvalue weighted by Gasteiger charge is 2.32. The molecule has 1 aromatic rings. The Labute approximate surface area is 131 Å². The van der Waals surface area contributed by atoms with Crippen molar-refractivity contribution in [3.63, 3.8) is 0 Å². The van der Waals surface area contributed by atoms with Crippen LogP contribution in [0.25, 0.3) is 0 Å². The van der Waals surface area contributed by atoms with Gasteiger partial charge in [0, 0.05) is 37.3 Å². The van der Waals surface area contributed by atoms with Crippen LogP contribution in [0.2, 0.25) is 0 Å². The second-order valence-corrected chi connectivity index (χ2v) is 6.70. The van der Waals surface area contributed by atoms with E-state index in [1.165, 1.54) is 0 Å². The predicted octanol–water partition coefficient (Wildman–Crippen LogP) is 2.84. The molecular formula is C17H24N2O3. The lowest BCUT2D eigenvalue weighted by atomic mass is 9.99. The fraction of sp³-hybridized carbons (Fsp3) is 0.588. The molecule has 0 N–H and O–H groups in total. The van der Waals surface area contributed by atoms with E-state index < -0.39 is 5.60 Å². The average molecular weight is 304 g/mol. The summed E-state index contributed by atoms with van der Waals surface area (Å²) in [5.41, 5.74) is 0.427. The number of rotatable bonds is 4. The number of nitrogens with zero attached hydrogens (tertiary/aromatic N) is 2. The summed E-state index contributed by atoms with van der Waals surface area (Å²) < 4.78 is 5.34. The van der Waals surface area contributed by atoms with Gasteiger partial charge < -0.3 is 9.64 Å². The lowest BCUT2D eigenvalue weighted by molar-refractivity contribution is -0.122. The van der Waals surface area contributed by atoms with Crippen LogP contribution >= 0.6 is 0 Å². The number of ketones is 1. The van der Waals surface area contributed by atoms with Gasteiger partial charge in [0.1, 0.15) is 11.4 Å². The summed E-state index contributed by atoms with van der Waals surface area (Å²) in [5, 5.41) is 0. The highest BCUT2D eigenvalue weighted by atomic mass is 16.6. The van der Waals surface area contributed by atoms with Gasteiger partial charge in [-0.05, 0) is 45.7 Å². The Kier molecular flexibility index (Phi) is 5.16. The van der Waals surface area contributed by atoms with E-state index in [1.807, 2.05) is 39.0 Å². The number of amides is 1. The third-order valence-electron chi connectivity index (χ3n) is 3.65. The normalized spacial score (nSPS) is 18.3. The zero-order valence-electron chi connectivity index (χ0n) is 13.5. The van der Waals surface area contributed by atoms with Crippen LogP contribution in [-0.4, -0.2) is 40.5 Å².